The van der Waals surface area contributed by atoms with Crippen LogP contribution in [0.4, 0.5) is 11.4 Å². The average Bonchev–Trinajstić information content (AvgIpc) is 3.51. The van der Waals surface area contributed by atoms with E-state index in [0.29, 0.717) is 21.8 Å². The van der Waals surface area contributed by atoms with Crippen LogP contribution >= 0.6 is 11.6 Å². The summed E-state index contributed by atoms with van der Waals surface area (Å²) in [5.41, 5.74) is 1.19. The highest BCUT2D eigenvalue weighted by molar-refractivity contribution is 6.35. The first-order valence-electron chi connectivity index (χ1n) is 13.1. The minimum absolute atomic E-state index is 0.174. The molecule has 4 N–H and O–H groups in total. The number of anilines is 2. The first-order valence-corrected chi connectivity index (χ1v) is 13.5. The lowest BCUT2D eigenvalue weighted by molar-refractivity contribution is -0.130. The largest absolute Gasteiger partial charge is 0.504 e. The molecule has 41 heavy (non-hydrogen) atoms. The van der Waals surface area contributed by atoms with Gasteiger partial charge in [-0.05, 0) is 73.9 Å². The number of imide groups is 1. The van der Waals surface area contributed by atoms with Crippen molar-refractivity contribution in [2.24, 2.45) is 11.8 Å². The van der Waals surface area contributed by atoms with Crippen molar-refractivity contribution in [3.05, 3.63) is 81.9 Å². The average molecular weight is 576 g/mol. The van der Waals surface area contributed by atoms with Crippen LogP contribution < -0.4 is 15.5 Å². The third-order valence-corrected chi connectivity index (χ3v) is 8.35. The zero-order chi connectivity index (χ0) is 29.2. The molecule has 11 heteroatoms. The molecule has 2 fully saturated rings. The van der Waals surface area contributed by atoms with Gasteiger partial charge in [0.1, 0.15) is 5.54 Å². The Labute approximate surface area is 239 Å². The van der Waals surface area contributed by atoms with Gasteiger partial charge in [-0.2, -0.15) is 0 Å². The molecule has 4 atom stereocenters. The number of aromatic hydroxyl groups is 2. The van der Waals surface area contributed by atoms with Crippen LogP contribution in [0.3, 0.4) is 0 Å². The van der Waals surface area contributed by atoms with Crippen molar-refractivity contribution < 1.29 is 34.1 Å². The molecule has 0 aromatic heterocycles. The fourth-order valence-corrected chi connectivity index (χ4v) is 6.66. The molecule has 4 unspecified atom stereocenters. The van der Waals surface area contributed by atoms with E-state index in [9.17, 15) is 29.4 Å². The predicted molar refractivity (Wildman–Crippen MR) is 149 cm³/mol. The summed E-state index contributed by atoms with van der Waals surface area (Å²) in [5.74, 6) is -4.74. The van der Waals surface area contributed by atoms with E-state index in [-0.39, 0.29) is 35.8 Å². The normalized spacial score (nSPS) is 24.5. The molecule has 10 nitrogen and oxygen atoms in total. The molecule has 210 valence electrons. The zero-order valence-corrected chi connectivity index (χ0v) is 22.9. The van der Waals surface area contributed by atoms with Crippen LogP contribution in [-0.2, 0) is 31.1 Å². The van der Waals surface area contributed by atoms with E-state index >= 15 is 0 Å². The van der Waals surface area contributed by atoms with Crippen molar-refractivity contribution in [2.75, 3.05) is 16.8 Å². The molecule has 3 aliphatic rings. The summed E-state index contributed by atoms with van der Waals surface area (Å²) < 4.78 is 5.03. The number of nitrogens with zero attached hydrogens (tertiary/aromatic N) is 1. The van der Waals surface area contributed by atoms with E-state index < -0.39 is 47.1 Å². The van der Waals surface area contributed by atoms with Gasteiger partial charge >= 0.3 is 5.97 Å². The lowest BCUT2D eigenvalue weighted by Crippen LogP contribution is -2.53. The van der Waals surface area contributed by atoms with E-state index in [1.807, 2.05) is 6.92 Å². The second-order valence-electron chi connectivity index (χ2n) is 10.5. The third-order valence-electron chi connectivity index (χ3n) is 8.05. The van der Waals surface area contributed by atoms with Gasteiger partial charge in [0.25, 0.3) is 0 Å². The summed E-state index contributed by atoms with van der Waals surface area (Å²) in [7, 11) is 0. The summed E-state index contributed by atoms with van der Waals surface area (Å²) in [6.07, 6.45) is 0.174. The van der Waals surface area contributed by atoms with E-state index in [1.54, 1.807) is 25.1 Å². The van der Waals surface area contributed by atoms with Crippen LogP contribution in [0, 0.1) is 18.8 Å². The first-order chi connectivity index (χ1) is 19.6. The lowest BCUT2D eigenvalue weighted by atomic mass is 9.76. The van der Waals surface area contributed by atoms with Crippen LogP contribution in [0.15, 0.2) is 54.6 Å². The number of rotatable bonds is 5. The number of phenols is 2. The summed E-state index contributed by atoms with van der Waals surface area (Å²) in [4.78, 5) is 55.2. The Hall–Kier alpha value is -4.41. The van der Waals surface area contributed by atoms with Gasteiger partial charge in [-0.1, -0.05) is 23.7 Å². The van der Waals surface area contributed by atoms with Gasteiger partial charge in [-0.15, -0.1) is 0 Å². The minimum atomic E-state index is -1.58. The standard InChI is InChI=1S/C30H26ClN3O7/c1-3-41-28(39)16-5-7-17(8-6-16)34-26(37)23-20(12-15-4-9-21(35)22(36)13-15)33-30(24(23)27(34)38)18-10-14(2)11-19(31)25(18)32-29(30)40/h4-11,13,20,23-24,33,35-36H,3,12H2,1-2H3,(H,32,40). The Bertz CT molecular complexity index is 1640. The number of ether oxygens (including phenoxy) is 1. The molecule has 2 saturated heterocycles. The minimum Gasteiger partial charge on any atom is -0.504 e. The van der Waals surface area contributed by atoms with Crippen molar-refractivity contribution in [1.29, 1.82) is 0 Å². The van der Waals surface area contributed by atoms with Gasteiger partial charge in [-0.3, -0.25) is 19.7 Å². The smallest absolute Gasteiger partial charge is 0.338 e. The number of hydrogen-bond acceptors (Lipinski definition) is 8. The van der Waals surface area contributed by atoms with E-state index in [0.717, 1.165) is 10.5 Å². The summed E-state index contributed by atoms with van der Waals surface area (Å²) in [6, 6.07) is 13.1. The summed E-state index contributed by atoms with van der Waals surface area (Å²) in [5, 5.41) is 26.3. The molecule has 3 amide bonds. The van der Waals surface area contributed by atoms with Gasteiger partial charge in [0, 0.05) is 11.6 Å². The Morgan fingerprint density at radius 3 is 2.44 bits per heavy atom. The SMILES string of the molecule is CCOC(=O)c1ccc(N2C(=O)C3C(Cc4ccc(O)c(O)c4)NC4(C(=O)Nc5c(Cl)cc(C)cc54)C3C2=O)cc1. The van der Waals surface area contributed by atoms with E-state index in [2.05, 4.69) is 10.6 Å². The molecule has 0 bridgehead atoms. The Morgan fingerprint density at radius 1 is 1.02 bits per heavy atom. The fourth-order valence-electron chi connectivity index (χ4n) is 6.33. The van der Waals surface area contributed by atoms with Gasteiger partial charge in [0.15, 0.2) is 11.5 Å². The molecule has 3 heterocycles. The van der Waals surface area contributed by atoms with Crippen LogP contribution in [0.2, 0.25) is 5.02 Å². The number of carbonyl (C=O) groups is 4. The van der Waals surface area contributed by atoms with Crippen molar-refractivity contribution in [1.82, 2.24) is 5.32 Å². The lowest BCUT2D eigenvalue weighted by Gasteiger charge is -2.30. The molecule has 3 aliphatic heterocycles. The van der Waals surface area contributed by atoms with Crippen molar-refractivity contribution in [3.8, 4) is 11.5 Å². The van der Waals surface area contributed by atoms with Gasteiger partial charge in [-0.25, -0.2) is 9.69 Å². The molecule has 1 spiro atoms. The number of phenolic OH excluding ortho intramolecular Hbond substituents is 2. The van der Waals surface area contributed by atoms with Crippen molar-refractivity contribution in [3.63, 3.8) is 0 Å². The van der Waals surface area contributed by atoms with Gasteiger partial charge in [0.05, 0.1) is 40.4 Å². The topological polar surface area (TPSA) is 145 Å². The van der Waals surface area contributed by atoms with Crippen molar-refractivity contribution in [2.45, 2.75) is 31.8 Å². The number of esters is 1. The first kappa shape index (κ1) is 26.8. The maximum Gasteiger partial charge on any atom is 0.338 e. The van der Waals surface area contributed by atoms with Crippen LogP contribution in [-0.4, -0.2) is 46.6 Å². The molecule has 0 aliphatic carbocycles. The highest BCUT2D eigenvalue weighted by Gasteiger charge is 2.70. The summed E-state index contributed by atoms with van der Waals surface area (Å²) in [6.45, 7) is 3.72. The fraction of sp³-hybridized carbons (Fsp3) is 0.267. The highest BCUT2D eigenvalue weighted by Crippen LogP contribution is 2.55. The number of carbonyl (C=O) groups excluding carboxylic acids is 4. The third kappa shape index (κ3) is 3.97. The van der Waals surface area contributed by atoms with Gasteiger partial charge < -0.3 is 20.3 Å². The monoisotopic (exact) mass is 575 g/mol. The molecule has 3 aromatic carbocycles. The zero-order valence-electron chi connectivity index (χ0n) is 22.1. The number of fused-ring (bicyclic) bond motifs is 4. The molecule has 6 rings (SSSR count). The quantitative estimate of drug-likeness (QED) is 0.206. The number of hydrogen-bond donors (Lipinski definition) is 4. The Morgan fingerprint density at radius 2 is 1.76 bits per heavy atom. The Kier molecular flexibility index (Phi) is 6.28. The number of amides is 3. The number of nitrogens with one attached hydrogen (secondary N) is 2. The summed E-state index contributed by atoms with van der Waals surface area (Å²) >= 11 is 6.50. The molecule has 0 saturated carbocycles. The maximum absolute atomic E-state index is 14.2. The van der Waals surface area contributed by atoms with Crippen LogP contribution in [0.1, 0.15) is 34.0 Å². The molecular weight excluding hydrogens is 550 g/mol. The molecule has 3 aromatic rings. The van der Waals surface area contributed by atoms with Crippen LogP contribution in [0.25, 0.3) is 0 Å². The number of benzene rings is 3. The van der Waals surface area contributed by atoms with E-state index in [4.69, 9.17) is 16.3 Å². The second-order valence-corrected chi connectivity index (χ2v) is 10.9. The molecule has 0 radical (unpaired) electrons. The van der Waals surface area contributed by atoms with Crippen molar-refractivity contribution >= 4 is 46.7 Å². The maximum atomic E-state index is 14.2. The molecular formula is C30H26ClN3O7. The highest BCUT2D eigenvalue weighted by atomic mass is 35.5. The number of halogens is 1. The predicted octanol–water partition coefficient (Wildman–Crippen LogP) is 3.40. The van der Waals surface area contributed by atoms with Crippen LogP contribution in [0.5, 0.6) is 11.5 Å². The Balaban J connectivity index is 1.46. The van der Waals surface area contributed by atoms with Gasteiger partial charge in [0.2, 0.25) is 17.7 Å². The van der Waals surface area contributed by atoms with E-state index in [1.165, 1.54) is 36.4 Å². The number of aryl methyl sites for hydroxylation is 1. The second kappa shape index (κ2) is 9.60.